The van der Waals surface area contributed by atoms with Crippen molar-refractivity contribution in [1.82, 2.24) is 0 Å². The maximum absolute atomic E-state index is 11.1. The van der Waals surface area contributed by atoms with E-state index in [1.165, 1.54) is 0 Å². The minimum Gasteiger partial charge on any atom is -0.461 e. The molecule has 0 fully saturated rings. The molecule has 22 heavy (non-hydrogen) atoms. The van der Waals surface area contributed by atoms with Gasteiger partial charge in [-0.3, -0.25) is 0 Å². The summed E-state index contributed by atoms with van der Waals surface area (Å²) < 4.78 is 9.99. The SMILES string of the molecule is C=CC(=O)OCCN(CCOC(=O)C=C)c1ccc(C)cc1. The van der Waals surface area contributed by atoms with Crippen molar-refractivity contribution in [3.8, 4) is 0 Å². The summed E-state index contributed by atoms with van der Waals surface area (Å²) in [4.78, 5) is 24.1. The van der Waals surface area contributed by atoms with Crippen LogP contribution < -0.4 is 4.90 Å². The number of ether oxygens (including phenoxy) is 2. The molecule has 0 saturated heterocycles. The molecule has 1 aromatic rings. The van der Waals surface area contributed by atoms with E-state index < -0.39 is 11.9 Å². The zero-order valence-electron chi connectivity index (χ0n) is 12.8. The molecular weight excluding hydrogens is 282 g/mol. The molecule has 0 atom stereocenters. The summed E-state index contributed by atoms with van der Waals surface area (Å²) in [5.74, 6) is -0.913. The van der Waals surface area contributed by atoms with Gasteiger partial charge in [0.1, 0.15) is 13.2 Å². The first kappa shape index (κ1) is 17.5. The number of rotatable bonds is 9. The summed E-state index contributed by atoms with van der Waals surface area (Å²) in [5, 5.41) is 0. The lowest BCUT2D eigenvalue weighted by Crippen LogP contribution is -2.31. The van der Waals surface area contributed by atoms with Crippen molar-refractivity contribution in [2.45, 2.75) is 6.92 Å². The first-order valence-corrected chi connectivity index (χ1v) is 6.97. The van der Waals surface area contributed by atoms with Crippen molar-refractivity contribution in [3.05, 3.63) is 55.1 Å². The van der Waals surface area contributed by atoms with E-state index in [1.807, 2.05) is 36.1 Å². The van der Waals surface area contributed by atoms with E-state index in [0.717, 1.165) is 23.4 Å². The molecular formula is C17H21NO4. The molecule has 0 spiro atoms. The molecule has 0 aliphatic heterocycles. The number of esters is 2. The summed E-state index contributed by atoms with van der Waals surface area (Å²) in [7, 11) is 0. The zero-order valence-corrected chi connectivity index (χ0v) is 12.8. The highest BCUT2D eigenvalue weighted by Crippen LogP contribution is 2.14. The van der Waals surface area contributed by atoms with Crippen LogP contribution in [-0.2, 0) is 19.1 Å². The molecule has 1 rings (SSSR count). The van der Waals surface area contributed by atoms with E-state index in [2.05, 4.69) is 13.2 Å². The molecule has 0 N–H and O–H groups in total. The van der Waals surface area contributed by atoms with E-state index >= 15 is 0 Å². The van der Waals surface area contributed by atoms with Gasteiger partial charge >= 0.3 is 11.9 Å². The third-order valence-corrected chi connectivity index (χ3v) is 2.94. The van der Waals surface area contributed by atoms with Crippen LogP contribution in [0.1, 0.15) is 5.56 Å². The highest BCUT2D eigenvalue weighted by molar-refractivity contribution is 5.81. The monoisotopic (exact) mass is 303 g/mol. The van der Waals surface area contributed by atoms with Gasteiger partial charge in [0.25, 0.3) is 0 Å². The normalized spacial score (nSPS) is 9.68. The van der Waals surface area contributed by atoms with Gasteiger partial charge in [-0.25, -0.2) is 9.59 Å². The second-order valence-corrected chi connectivity index (χ2v) is 4.57. The number of nitrogens with zero attached hydrogens (tertiary/aromatic N) is 1. The molecule has 0 radical (unpaired) electrons. The van der Waals surface area contributed by atoms with Crippen molar-refractivity contribution in [3.63, 3.8) is 0 Å². The zero-order chi connectivity index (χ0) is 16.4. The van der Waals surface area contributed by atoms with Crippen molar-refractivity contribution >= 4 is 17.6 Å². The highest BCUT2D eigenvalue weighted by atomic mass is 16.5. The quantitative estimate of drug-likeness (QED) is 0.517. The molecule has 0 aromatic heterocycles. The third kappa shape index (κ3) is 6.26. The van der Waals surface area contributed by atoms with Gasteiger partial charge in [0.15, 0.2) is 0 Å². The van der Waals surface area contributed by atoms with Crippen LogP contribution in [0.5, 0.6) is 0 Å². The topological polar surface area (TPSA) is 55.8 Å². The van der Waals surface area contributed by atoms with E-state index in [1.54, 1.807) is 0 Å². The molecule has 1 aromatic carbocycles. The van der Waals surface area contributed by atoms with Crippen molar-refractivity contribution in [1.29, 1.82) is 0 Å². The average Bonchev–Trinajstić information content (AvgIpc) is 2.53. The summed E-state index contributed by atoms with van der Waals surface area (Å²) in [6.45, 7) is 10.2. The minimum absolute atomic E-state index is 0.230. The molecule has 0 bridgehead atoms. The Kier molecular flexibility index (Phi) is 7.47. The van der Waals surface area contributed by atoms with Crippen LogP contribution in [0.25, 0.3) is 0 Å². The Labute approximate surface area is 130 Å². The van der Waals surface area contributed by atoms with Gasteiger partial charge in [0.05, 0.1) is 13.1 Å². The molecule has 118 valence electrons. The van der Waals surface area contributed by atoms with Crippen molar-refractivity contribution in [2.24, 2.45) is 0 Å². The molecule has 5 heteroatoms. The number of aryl methyl sites for hydroxylation is 1. The fourth-order valence-electron chi connectivity index (χ4n) is 1.76. The highest BCUT2D eigenvalue weighted by Gasteiger charge is 2.08. The lowest BCUT2D eigenvalue weighted by atomic mass is 10.2. The number of hydrogen-bond donors (Lipinski definition) is 0. The lowest BCUT2D eigenvalue weighted by Gasteiger charge is -2.24. The lowest BCUT2D eigenvalue weighted by molar-refractivity contribution is -0.137. The third-order valence-electron chi connectivity index (χ3n) is 2.94. The fraction of sp³-hybridized carbons (Fsp3) is 0.294. The van der Waals surface area contributed by atoms with Gasteiger partial charge in [0, 0.05) is 17.8 Å². The van der Waals surface area contributed by atoms with Crippen LogP contribution in [0, 0.1) is 6.92 Å². The Morgan fingerprint density at radius 3 is 1.86 bits per heavy atom. The molecule has 0 saturated carbocycles. The van der Waals surface area contributed by atoms with Gasteiger partial charge in [0.2, 0.25) is 0 Å². The maximum atomic E-state index is 11.1. The second kappa shape index (κ2) is 9.39. The second-order valence-electron chi connectivity index (χ2n) is 4.57. The standard InChI is InChI=1S/C17H21NO4/c1-4-16(19)21-12-10-18(11-13-22-17(20)5-2)15-8-6-14(3)7-9-15/h4-9H,1-2,10-13H2,3H3. The van der Waals surface area contributed by atoms with Crippen LogP contribution in [0.3, 0.4) is 0 Å². The van der Waals surface area contributed by atoms with Crippen molar-refractivity contribution in [2.75, 3.05) is 31.2 Å². The molecule has 5 nitrogen and oxygen atoms in total. The summed E-state index contributed by atoms with van der Waals surface area (Å²) in [6.07, 6.45) is 2.25. The molecule has 0 aliphatic rings. The maximum Gasteiger partial charge on any atom is 0.330 e. The minimum atomic E-state index is -0.457. The largest absolute Gasteiger partial charge is 0.461 e. The number of carbonyl (C=O) groups is 2. The van der Waals surface area contributed by atoms with Gasteiger partial charge < -0.3 is 14.4 Å². The summed E-state index contributed by atoms with van der Waals surface area (Å²) in [5.41, 5.74) is 2.12. The van der Waals surface area contributed by atoms with Crippen LogP contribution in [-0.4, -0.2) is 38.2 Å². The Balaban J connectivity index is 2.61. The molecule has 0 aliphatic carbocycles. The fourth-order valence-corrected chi connectivity index (χ4v) is 1.76. The summed E-state index contributed by atoms with van der Waals surface area (Å²) >= 11 is 0. The van der Waals surface area contributed by atoms with E-state index in [-0.39, 0.29) is 13.2 Å². The Bertz CT molecular complexity index is 496. The number of benzene rings is 1. The average molecular weight is 303 g/mol. The van der Waals surface area contributed by atoms with E-state index in [4.69, 9.17) is 9.47 Å². The summed E-state index contributed by atoms with van der Waals surface area (Å²) in [6, 6.07) is 7.93. The van der Waals surface area contributed by atoms with E-state index in [9.17, 15) is 9.59 Å². The van der Waals surface area contributed by atoms with Gasteiger partial charge in [-0.1, -0.05) is 30.9 Å². The van der Waals surface area contributed by atoms with Crippen LogP contribution in [0.2, 0.25) is 0 Å². The smallest absolute Gasteiger partial charge is 0.330 e. The van der Waals surface area contributed by atoms with Crippen molar-refractivity contribution < 1.29 is 19.1 Å². The molecule has 0 unspecified atom stereocenters. The predicted molar refractivity (Wildman–Crippen MR) is 85.7 cm³/mol. The number of hydrogen-bond acceptors (Lipinski definition) is 5. The van der Waals surface area contributed by atoms with E-state index in [0.29, 0.717) is 13.1 Å². The molecule has 0 heterocycles. The van der Waals surface area contributed by atoms with Crippen LogP contribution in [0.15, 0.2) is 49.6 Å². The Hall–Kier alpha value is -2.56. The van der Waals surface area contributed by atoms with Crippen LogP contribution >= 0.6 is 0 Å². The number of carbonyl (C=O) groups excluding carboxylic acids is 2. The molecule has 0 amide bonds. The van der Waals surface area contributed by atoms with Gasteiger partial charge in [-0.2, -0.15) is 0 Å². The van der Waals surface area contributed by atoms with Crippen LogP contribution in [0.4, 0.5) is 5.69 Å². The Morgan fingerprint density at radius 1 is 1.00 bits per heavy atom. The first-order valence-electron chi connectivity index (χ1n) is 6.97. The van der Waals surface area contributed by atoms with Gasteiger partial charge in [-0.05, 0) is 19.1 Å². The predicted octanol–water partition coefficient (Wildman–Crippen LogP) is 2.26. The Morgan fingerprint density at radius 2 is 1.45 bits per heavy atom. The first-order chi connectivity index (χ1) is 10.6. The number of anilines is 1. The van der Waals surface area contributed by atoms with Gasteiger partial charge in [-0.15, -0.1) is 0 Å².